The van der Waals surface area contributed by atoms with E-state index in [2.05, 4.69) is 21.3 Å². The number of aryl methyl sites for hydroxylation is 1. The first kappa shape index (κ1) is 19.7. The topological polar surface area (TPSA) is 59.0 Å². The molecule has 142 valence electrons. The molecule has 1 aromatic heterocycles. The third-order valence-corrected chi connectivity index (χ3v) is 5.78. The second kappa shape index (κ2) is 8.78. The number of thioether (sulfide) groups is 1. The van der Waals surface area contributed by atoms with Gasteiger partial charge in [0.15, 0.2) is 0 Å². The molecule has 5 nitrogen and oxygen atoms in total. The zero-order valence-electron chi connectivity index (χ0n) is 15.1. The van der Waals surface area contributed by atoms with Crippen LogP contribution in [0.2, 0.25) is 0 Å². The van der Waals surface area contributed by atoms with Crippen molar-refractivity contribution < 1.29 is 4.79 Å². The summed E-state index contributed by atoms with van der Waals surface area (Å²) in [6.07, 6.45) is 0.513. The van der Waals surface area contributed by atoms with E-state index in [9.17, 15) is 4.79 Å². The number of hydrogen-bond acceptors (Lipinski definition) is 4. The van der Waals surface area contributed by atoms with Crippen LogP contribution < -0.4 is 10.6 Å². The summed E-state index contributed by atoms with van der Waals surface area (Å²) in [5, 5.41) is 6.39. The fraction of sp³-hybridized carbons (Fsp3) is 0.300. The first-order valence-corrected chi connectivity index (χ1v) is 9.99. The first-order chi connectivity index (χ1) is 12.7. The summed E-state index contributed by atoms with van der Waals surface area (Å²) in [7, 11) is 2.02. The molecule has 2 N–H and O–H groups in total. The van der Waals surface area contributed by atoms with Gasteiger partial charge in [-0.25, -0.2) is 4.98 Å². The quantitative estimate of drug-likeness (QED) is 0.698. The van der Waals surface area contributed by atoms with Gasteiger partial charge in [0.05, 0.1) is 11.0 Å². The maximum Gasteiger partial charge on any atom is 0.225 e. The van der Waals surface area contributed by atoms with E-state index in [1.807, 2.05) is 61.3 Å². The number of carbonyl (C=O) groups is 1. The highest BCUT2D eigenvalue weighted by atomic mass is 35.5. The lowest BCUT2D eigenvalue weighted by Gasteiger charge is -2.22. The average Bonchev–Trinajstić information content (AvgIpc) is 3.00. The highest BCUT2D eigenvalue weighted by molar-refractivity contribution is 7.99. The van der Waals surface area contributed by atoms with Crippen LogP contribution in [0.1, 0.15) is 6.42 Å². The third kappa shape index (κ3) is 4.46. The standard InChI is InChI=1S/C20H22N4OS.ClH/c1-24-18-5-3-2-4-17(18)23-20(24)14-6-8-15(9-7-14)22-19(25)12-16-13-26-11-10-21-16;/h2-9,16,21H,10-13H2,1H3,(H,22,25);1H. The molecule has 1 saturated heterocycles. The van der Waals surface area contributed by atoms with E-state index in [1.54, 1.807) is 0 Å². The fourth-order valence-corrected chi connectivity index (χ4v) is 4.24. The molecule has 0 spiro atoms. The summed E-state index contributed by atoms with van der Waals surface area (Å²) in [5.74, 6) is 3.11. The lowest BCUT2D eigenvalue weighted by atomic mass is 10.1. The third-order valence-electron chi connectivity index (χ3n) is 4.64. The normalized spacial score (nSPS) is 16.7. The van der Waals surface area contributed by atoms with Crippen molar-refractivity contribution in [3.63, 3.8) is 0 Å². The highest BCUT2D eigenvalue weighted by Gasteiger charge is 2.17. The number of nitrogens with one attached hydrogen (secondary N) is 2. The van der Waals surface area contributed by atoms with Gasteiger partial charge in [-0.15, -0.1) is 12.4 Å². The molecule has 0 aliphatic carbocycles. The van der Waals surface area contributed by atoms with E-state index in [0.717, 1.165) is 46.2 Å². The lowest BCUT2D eigenvalue weighted by molar-refractivity contribution is -0.116. The van der Waals surface area contributed by atoms with Crippen molar-refractivity contribution >= 4 is 46.8 Å². The Labute approximate surface area is 169 Å². The fourth-order valence-electron chi connectivity index (χ4n) is 3.29. The van der Waals surface area contributed by atoms with Crippen molar-refractivity contribution in [1.82, 2.24) is 14.9 Å². The second-order valence-corrected chi connectivity index (χ2v) is 7.69. The van der Waals surface area contributed by atoms with Gasteiger partial charge < -0.3 is 15.2 Å². The molecule has 1 amide bonds. The van der Waals surface area contributed by atoms with Crippen LogP contribution in [0.4, 0.5) is 5.69 Å². The first-order valence-electron chi connectivity index (χ1n) is 8.83. The number of para-hydroxylation sites is 2. The molecule has 2 heterocycles. The van der Waals surface area contributed by atoms with E-state index in [1.165, 1.54) is 0 Å². The molecule has 4 rings (SSSR count). The lowest BCUT2D eigenvalue weighted by Crippen LogP contribution is -2.39. The van der Waals surface area contributed by atoms with Gasteiger partial charge in [0.25, 0.3) is 0 Å². The van der Waals surface area contributed by atoms with E-state index >= 15 is 0 Å². The Bertz CT molecular complexity index is 919. The van der Waals surface area contributed by atoms with Gasteiger partial charge >= 0.3 is 0 Å². The molecule has 1 aliphatic rings. The monoisotopic (exact) mass is 402 g/mol. The smallest absolute Gasteiger partial charge is 0.225 e. The van der Waals surface area contributed by atoms with Crippen LogP contribution in [0.3, 0.4) is 0 Å². The Kier molecular flexibility index (Phi) is 6.42. The van der Waals surface area contributed by atoms with Gasteiger partial charge in [-0.3, -0.25) is 4.79 Å². The Morgan fingerprint density at radius 3 is 2.74 bits per heavy atom. The number of aromatic nitrogens is 2. The summed E-state index contributed by atoms with van der Waals surface area (Å²) < 4.78 is 2.09. The number of carbonyl (C=O) groups excluding carboxylic acids is 1. The number of rotatable bonds is 4. The number of nitrogens with zero attached hydrogens (tertiary/aromatic N) is 2. The van der Waals surface area contributed by atoms with Crippen molar-refractivity contribution in [2.75, 3.05) is 23.4 Å². The Morgan fingerprint density at radius 2 is 2.04 bits per heavy atom. The van der Waals surface area contributed by atoms with Gasteiger partial charge in [0.2, 0.25) is 5.91 Å². The van der Waals surface area contributed by atoms with Crippen LogP contribution in [-0.2, 0) is 11.8 Å². The summed E-state index contributed by atoms with van der Waals surface area (Å²) in [6.45, 7) is 0.981. The van der Waals surface area contributed by atoms with Gasteiger partial charge in [-0.05, 0) is 36.4 Å². The average molecular weight is 403 g/mol. The molecule has 2 aromatic carbocycles. The Balaban J connectivity index is 0.00000210. The predicted molar refractivity (Wildman–Crippen MR) is 116 cm³/mol. The van der Waals surface area contributed by atoms with Gasteiger partial charge in [-0.2, -0.15) is 11.8 Å². The van der Waals surface area contributed by atoms with Crippen LogP contribution in [0.25, 0.3) is 22.4 Å². The zero-order valence-corrected chi connectivity index (χ0v) is 16.8. The second-order valence-electron chi connectivity index (χ2n) is 6.54. The number of hydrogen-bond donors (Lipinski definition) is 2. The molecule has 0 bridgehead atoms. The molecule has 3 aromatic rings. The van der Waals surface area contributed by atoms with Crippen molar-refractivity contribution in [1.29, 1.82) is 0 Å². The molecule has 0 radical (unpaired) electrons. The highest BCUT2D eigenvalue weighted by Crippen LogP contribution is 2.24. The maximum atomic E-state index is 12.2. The molecule has 1 aliphatic heterocycles. The number of benzene rings is 2. The molecular formula is C20H23ClN4OS. The Morgan fingerprint density at radius 1 is 1.26 bits per heavy atom. The summed E-state index contributed by atoms with van der Waals surface area (Å²) in [6, 6.07) is 16.3. The van der Waals surface area contributed by atoms with Gasteiger partial charge in [0, 0.05) is 48.8 Å². The molecule has 27 heavy (non-hydrogen) atoms. The van der Waals surface area contributed by atoms with Crippen molar-refractivity contribution in [3.05, 3.63) is 48.5 Å². The largest absolute Gasteiger partial charge is 0.327 e. The van der Waals surface area contributed by atoms with E-state index < -0.39 is 0 Å². The SMILES string of the molecule is Cl.Cn1c(-c2ccc(NC(=O)CC3CSCCN3)cc2)nc2ccccc21. The minimum atomic E-state index is 0. The van der Waals surface area contributed by atoms with Crippen molar-refractivity contribution in [2.45, 2.75) is 12.5 Å². The molecular weight excluding hydrogens is 380 g/mol. The van der Waals surface area contributed by atoms with Crippen LogP contribution in [0.5, 0.6) is 0 Å². The molecule has 1 atom stereocenters. The van der Waals surface area contributed by atoms with E-state index in [0.29, 0.717) is 6.42 Å². The van der Waals surface area contributed by atoms with Crippen molar-refractivity contribution in [2.24, 2.45) is 7.05 Å². The summed E-state index contributed by atoms with van der Waals surface area (Å²) in [5.41, 5.74) is 3.95. The molecule has 7 heteroatoms. The zero-order chi connectivity index (χ0) is 17.9. The summed E-state index contributed by atoms with van der Waals surface area (Å²) in [4.78, 5) is 16.9. The predicted octanol–water partition coefficient (Wildman–Crippen LogP) is 3.70. The number of amides is 1. The van der Waals surface area contributed by atoms with E-state index in [-0.39, 0.29) is 24.4 Å². The molecule has 1 unspecified atom stereocenters. The number of halogens is 1. The van der Waals surface area contributed by atoms with E-state index in [4.69, 9.17) is 4.98 Å². The number of fused-ring (bicyclic) bond motifs is 1. The Hall–Kier alpha value is -2.02. The van der Waals surface area contributed by atoms with Gasteiger partial charge in [-0.1, -0.05) is 12.1 Å². The van der Waals surface area contributed by atoms with Crippen LogP contribution in [0.15, 0.2) is 48.5 Å². The van der Waals surface area contributed by atoms with Crippen LogP contribution >= 0.6 is 24.2 Å². The van der Waals surface area contributed by atoms with Crippen LogP contribution in [0, 0.1) is 0 Å². The number of imidazole rings is 1. The molecule has 1 fully saturated rings. The minimum absolute atomic E-state index is 0. The minimum Gasteiger partial charge on any atom is -0.327 e. The molecule has 0 saturated carbocycles. The maximum absolute atomic E-state index is 12.2. The van der Waals surface area contributed by atoms with Crippen LogP contribution in [-0.4, -0.2) is 39.6 Å². The summed E-state index contributed by atoms with van der Waals surface area (Å²) >= 11 is 1.90. The number of anilines is 1. The van der Waals surface area contributed by atoms with Crippen molar-refractivity contribution in [3.8, 4) is 11.4 Å². The van der Waals surface area contributed by atoms with Gasteiger partial charge in [0.1, 0.15) is 5.82 Å².